The van der Waals surface area contributed by atoms with Gasteiger partial charge in [0.05, 0.1) is 52.4 Å². The van der Waals surface area contributed by atoms with Gasteiger partial charge in [0.1, 0.15) is 18.8 Å². The second-order valence-electron chi connectivity index (χ2n) is 13.3. The van der Waals surface area contributed by atoms with Crippen molar-refractivity contribution in [3.05, 3.63) is 179 Å². The Bertz CT molecular complexity index is 1680. The van der Waals surface area contributed by atoms with Gasteiger partial charge in [0.2, 0.25) is 0 Å². The maximum absolute atomic E-state index is 6.36. The summed E-state index contributed by atoms with van der Waals surface area (Å²) in [6.07, 6.45) is 5.55. The van der Waals surface area contributed by atoms with Crippen molar-refractivity contribution in [1.82, 2.24) is 4.90 Å². The Labute approximate surface area is 328 Å². The third-order valence-corrected chi connectivity index (χ3v) is 9.06. The minimum Gasteiger partial charge on any atom is -0.378 e. The molecule has 1 fully saturated rings. The number of ether oxygens (including phenoxy) is 6. The van der Waals surface area contributed by atoms with Gasteiger partial charge >= 0.3 is 0 Å². The van der Waals surface area contributed by atoms with E-state index in [0.717, 1.165) is 42.7 Å². The second-order valence-corrected chi connectivity index (χ2v) is 13.3. The molecule has 7 heteroatoms. The van der Waals surface area contributed by atoms with Gasteiger partial charge in [0.15, 0.2) is 0 Å². The van der Waals surface area contributed by atoms with Crippen LogP contribution in [0, 0.1) is 12.3 Å². The first-order chi connectivity index (χ1) is 27.3. The zero-order valence-corrected chi connectivity index (χ0v) is 31.8. The SMILES string of the molecule is C#CCOCCOCCN(Cc1ccccc1)Cc1ccccc1.c1ccc(COCC2OCCC(OCc3ccccc3)C2OCc2ccccc2)cc1. The quantitative estimate of drug-likeness (QED) is 0.0552. The molecular formula is C48H55NO6. The summed E-state index contributed by atoms with van der Waals surface area (Å²) >= 11 is 0. The minimum absolute atomic E-state index is 0.0389. The molecule has 3 unspecified atom stereocenters. The van der Waals surface area contributed by atoms with Crippen LogP contribution in [0.25, 0.3) is 0 Å². The number of hydrogen-bond donors (Lipinski definition) is 0. The van der Waals surface area contributed by atoms with Crippen molar-refractivity contribution < 1.29 is 28.4 Å². The lowest BCUT2D eigenvalue weighted by Crippen LogP contribution is -2.49. The average molecular weight is 742 g/mol. The second kappa shape index (κ2) is 25.5. The first kappa shape index (κ1) is 41.5. The molecule has 1 saturated heterocycles. The summed E-state index contributed by atoms with van der Waals surface area (Å²) in [7, 11) is 0. The Morgan fingerprint density at radius 3 is 1.55 bits per heavy atom. The molecule has 0 saturated carbocycles. The van der Waals surface area contributed by atoms with E-state index in [1.165, 1.54) is 11.1 Å². The highest BCUT2D eigenvalue weighted by Gasteiger charge is 2.36. The van der Waals surface area contributed by atoms with Gasteiger partial charge in [-0.1, -0.05) is 158 Å². The predicted octanol–water partition coefficient (Wildman–Crippen LogP) is 8.52. The molecule has 288 valence electrons. The Morgan fingerprint density at radius 2 is 1.02 bits per heavy atom. The number of hydrogen-bond acceptors (Lipinski definition) is 7. The van der Waals surface area contributed by atoms with Crippen LogP contribution in [0.5, 0.6) is 0 Å². The van der Waals surface area contributed by atoms with Crippen molar-refractivity contribution >= 4 is 0 Å². The van der Waals surface area contributed by atoms with E-state index in [0.29, 0.717) is 59.5 Å². The summed E-state index contributed by atoms with van der Waals surface area (Å²) in [4.78, 5) is 2.40. The normalized spacial score (nSPS) is 16.5. The van der Waals surface area contributed by atoms with Crippen LogP contribution >= 0.6 is 0 Å². The third-order valence-electron chi connectivity index (χ3n) is 9.06. The van der Waals surface area contributed by atoms with Gasteiger partial charge in [-0.15, -0.1) is 6.42 Å². The Balaban J connectivity index is 0.000000219. The van der Waals surface area contributed by atoms with Crippen molar-refractivity contribution in [1.29, 1.82) is 0 Å². The Kier molecular flexibility index (Phi) is 19.2. The fourth-order valence-electron chi connectivity index (χ4n) is 6.22. The third kappa shape index (κ3) is 16.3. The van der Waals surface area contributed by atoms with Crippen LogP contribution < -0.4 is 0 Å². The molecule has 7 nitrogen and oxygen atoms in total. The summed E-state index contributed by atoms with van der Waals surface area (Å²) < 4.78 is 35.6. The summed E-state index contributed by atoms with van der Waals surface area (Å²) in [6.45, 7) is 7.59. The highest BCUT2D eigenvalue weighted by atomic mass is 16.6. The van der Waals surface area contributed by atoms with Gasteiger partial charge in [-0.3, -0.25) is 4.90 Å². The van der Waals surface area contributed by atoms with Crippen LogP contribution in [-0.2, 0) is 61.3 Å². The van der Waals surface area contributed by atoms with E-state index >= 15 is 0 Å². The van der Waals surface area contributed by atoms with Crippen LogP contribution in [0.4, 0.5) is 0 Å². The van der Waals surface area contributed by atoms with Crippen LogP contribution in [0.2, 0.25) is 0 Å². The molecule has 0 radical (unpaired) electrons. The minimum atomic E-state index is -0.187. The van der Waals surface area contributed by atoms with Gasteiger partial charge in [0, 0.05) is 26.2 Å². The molecule has 5 aromatic rings. The predicted molar refractivity (Wildman–Crippen MR) is 218 cm³/mol. The molecule has 0 spiro atoms. The highest BCUT2D eigenvalue weighted by Crippen LogP contribution is 2.24. The molecule has 1 heterocycles. The van der Waals surface area contributed by atoms with Gasteiger partial charge in [0.25, 0.3) is 0 Å². The molecule has 0 aliphatic carbocycles. The molecule has 6 rings (SSSR count). The van der Waals surface area contributed by atoms with E-state index in [4.69, 9.17) is 34.8 Å². The fourth-order valence-corrected chi connectivity index (χ4v) is 6.22. The first-order valence-corrected chi connectivity index (χ1v) is 19.2. The van der Waals surface area contributed by atoms with Gasteiger partial charge in [-0.05, 0) is 34.2 Å². The van der Waals surface area contributed by atoms with E-state index in [2.05, 4.69) is 95.7 Å². The molecule has 0 N–H and O–H groups in total. The number of benzene rings is 5. The molecule has 1 aliphatic heterocycles. The molecular weight excluding hydrogens is 687 g/mol. The first-order valence-electron chi connectivity index (χ1n) is 19.2. The van der Waals surface area contributed by atoms with Crippen LogP contribution in [-0.4, -0.2) is 69.4 Å². The van der Waals surface area contributed by atoms with Gasteiger partial charge in [-0.25, -0.2) is 0 Å². The Morgan fingerprint density at radius 1 is 0.545 bits per heavy atom. The summed E-state index contributed by atoms with van der Waals surface area (Å²) in [6, 6.07) is 51.7. The van der Waals surface area contributed by atoms with Gasteiger partial charge in [-0.2, -0.15) is 0 Å². The van der Waals surface area contributed by atoms with Crippen molar-refractivity contribution in [3.8, 4) is 12.3 Å². The largest absolute Gasteiger partial charge is 0.378 e. The van der Waals surface area contributed by atoms with E-state index in [9.17, 15) is 0 Å². The lowest BCUT2D eigenvalue weighted by molar-refractivity contribution is -0.197. The van der Waals surface area contributed by atoms with Crippen LogP contribution in [0.15, 0.2) is 152 Å². The standard InChI is InChI=1S/C27H30O4.C21H25NO2/c1-4-10-22(11-5-1)18-28-21-26-27(31-20-24-14-8-3-9-15-24)25(16-17-29-26)30-19-23-12-6-2-7-13-23;1-2-14-23-16-17-24-15-13-22(18-20-9-5-3-6-10-20)19-21-11-7-4-8-12-21/h1-15,25-27H,16-21H2;1,3-12H,13-19H2. The smallest absolute Gasteiger partial charge is 0.113 e. The van der Waals surface area contributed by atoms with Crippen LogP contribution in [0.1, 0.15) is 34.2 Å². The average Bonchev–Trinajstić information content (AvgIpc) is 3.24. The maximum atomic E-state index is 6.36. The lowest BCUT2D eigenvalue weighted by atomic mass is 10.0. The lowest BCUT2D eigenvalue weighted by Gasteiger charge is -2.37. The number of nitrogens with zero attached hydrogens (tertiary/aromatic N) is 1. The Hall–Kier alpha value is -4.62. The summed E-state index contributed by atoms with van der Waals surface area (Å²) in [5, 5.41) is 0. The van der Waals surface area contributed by atoms with Crippen molar-refractivity contribution in [2.24, 2.45) is 0 Å². The van der Waals surface area contributed by atoms with E-state index in [1.807, 2.05) is 66.7 Å². The monoisotopic (exact) mass is 741 g/mol. The molecule has 0 amide bonds. The van der Waals surface area contributed by atoms with Crippen molar-refractivity contribution in [2.75, 3.05) is 46.2 Å². The molecule has 1 aliphatic rings. The molecule has 3 atom stereocenters. The number of terminal acetylenes is 1. The fraction of sp³-hybridized carbons (Fsp3) is 0.333. The molecule has 5 aromatic carbocycles. The molecule has 0 aromatic heterocycles. The molecule has 0 bridgehead atoms. The van der Waals surface area contributed by atoms with E-state index in [-0.39, 0.29) is 18.3 Å². The molecule has 55 heavy (non-hydrogen) atoms. The van der Waals surface area contributed by atoms with Gasteiger partial charge < -0.3 is 28.4 Å². The van der Waals surface area contributed by atoms with Crippen LogP contribution in [0.3, 0.4) is 0 Å². The topological polar surface area (TPSA) is 58.6 Å². The highest BCUT2D eigenvalue weighted by molar-refractivity contribution is 5.18. The van der Waals surface area contributed by atoms with E-state index in [1.54, 1.807) is 0 Å². The summed E-state index contributed by atoms with van der Waals surface area (Å²) in [5.41, 5.74) is 6.07. The summed E-state index contributed by atoms with van der Waals surface area (Å²) in [5.74, 6) is 2.45. The zero-order valence-electron chi connectivity index (χ0n) is 31.8. The van der Waals surface area contributed by atoms with Crippen molar-refractivity contribution in [3.63, 3.8) is 0 Å². The number of rotatable bonds is 21. The zero-order chi connectivity index (χ0) is 38.0. The maximum Gasteiger partial charge on any atom is 0.113 e. The van der Waals surface area contributed by atoms with E-state index < -0.39 is 0 Å². The van der Waals surface area contributed by atoms with Crippen molar-refractivity contribution in [2.45, 2.75) is 57.6 Å².